The summed E-state index contributed by atoms with van der Waals surface area (Å²) in [6, 6.07) is 7.02. The second kappa shape index (κ2) is 6.36. The van der Waals surface area contributed by atoms with E-state index < -0.39 is 10.0 Å². The molecule has 7 heteroatoms. The second-order valence-electron chi connectivity index (χ2n) is 3.70. The van der Waals surface area contributed by atoms with Gasteiger partial charge in [-0.1, -0.05) is 12.1 Å². The van der Waals surface area contributed by atoms with Gasteiger partial charge in [0.2, 0.25) is 10.0 Å². The van der Waals surface area contributed by atoms with Gasteiger partial charge in [-0.25, -0.2) is 13.6 Å². The minimum absolute atomic E-state index is 0.00186. The number of para-hydroxylation sites is 1. The molecular weight excluding hydrogens is 254 g/mol. The van der Waals surface area contributed by atoms with Crippen LogP contribution in [0.15, 0.2) is 24.3 Å². The Bertz CT molecular complexity index is 514. The SMILES string of the molecule is CCNc1ccccc1C(=O)NCCS(N)(=O)=O. The van der Waals surface area contributed by atoms with Crippen LogP contribution in [0.2, 0.25) is 0 Å². The third-order valence-corrected chi connectivity index (χ3v) is 2.98. The highest BCUT2D eigenvalue weighted by atomic mass is 32.2. The number of hydrogen-bond donors (Lipinski definition) is 3. The normalized spacial score (nSPS) is 11.0. The minimum Gasteiger partial charge on any atom is -0.385 e. The van der Waals surface area contributed by atoms with Crippen LogP contribution >= 0.6 is 0 Å². The topological polar surface area (TPSA) is 101 Å². The molecule has 0 aliphatic rings. The van der Waals surface area contributed by atoms with Crippen LogP contribution < -0.4 is 15.8 Å². The summed E-state index contributed by atoms with van der Waals surface area (Å²) in [7, 11) is -3.55. The number of rotatable bonds is 6. The van der Waals surface area contributed by atoms with E-state index in [1.54, 1.807) is 18.2 Å². The van der Waals surface area contributed by atoms with E-state index in [-0.39, 0.29) is 18.2 Å². The number of benzene rings is 1. The summed E-state index contributed by atoms with van der Waals surface area (Å²) in [5.74, 6) is -0.600. The molecule has 0 atom stereocenters. The third kappa shape index (κ3) is 4.72. The van der Waals surface area contributed by atoms with Gasteiger partial charge in [-0.05, 0) is 19.1 Å². The van der Waals surface area contributed by atoms with E-state index in [9.17, 15) is 13.2 Å². The van der Waals surface area contributed by atoms with Gasteiger partial charge in [0.1, 0.15) is 0 Å². The van der Waals surface area contributed by atoms with E-state index in [2.05, 4.69) is 10.6 Å². The molecular formula is C11H17N3O3S. The number of primary sulfonamides is 1. The smallest absolute Gasteiger partial charge is 0.253 e. The molecule has 0 fully saturated rings. The van der Waals surface area contributed by atoms with Crippen molar-refractivity contribution in [1.29, 1.82) is 0 Å². The van der Waals surface area contributed by atoms with E-state index >= 15 is 0 Å². The highest BCUT2D eigenvalue weighted by Crippen LogP contribution is 2.14. The molecule has 1 rings (SSSR count). The van der Waals surface area contributed by atoms with E-state index in [0.717, 1.165) is 0 Å². The lowest BCUT2D eigenvalue weighted by Crippen LogP contribution is -2.31. The summed E-state index contributed by atoms with van der Waals surface area (Å²) in [5.41, 5.74) is 1.20. The molecule has 18 heavy (non-hydrogen) atoms. The van der Waals surface area contributed by atoms with Crippen molar-refractivity contribution in [3.05, 3.63) is 29.8 Å². The zero-order chi connectivity index (χ0) is 13.6. The van der Waals surface area contributed by atoms with Gasteiger partial charge in [0.15, 0.2) is 0 Å². The first-order valence-electron chi connectivity index (χ1n) is 5.55. The van der Waals surface area contributed by atoms with Gasteiger partial charge in [0, 0.05) is 18.8 Å². The van der Waals surface area contributed by atoms with Gasteiger partial charge in [-0.3, -0.25) is 4.79 Å². The number of nitrogens with one attached hydrogen (secondary N) is 2. The van der Waals surface area contributed by atoms with Crippen LogP contribution in [0.25, 0.3) is 0 Å². The Balaban J connectivity index is 2.66. The summed E-state index contributed by atoms with van der Waals surface area (Å²) >= 11 is 0. The van der Waals surface area contributed by atoms with Gasteiger partial charge >= 0.3 is 0 Å². The lowest BCUT2D eigenvalue weighted by atomic mass is 10.1. The van der Waals surface area contributed by atoms with Crippen LogP contribution in [0.3, 0.4) is 0 Å². The van der Waals surface area contributed by atoms with Gasteiger partial charge in [0.05, 0.1) is 11.3 Å². The van der Waals surface area contributed by atoms with Crippen molar-refractivity contribution in [2.45, 2.75) is 6.92 Å². The third-order valence-electron chi connectivity index (χ3n) is 2.21. The molecule has 0 aromatic heterocycles. The van der Waals surface area contributed by atoms with Crippen LogP contribution in [0.5, 0.6) is 0 Å². The average molecular weight is 271 g/mol. The number of nitrogens with two attached hydrogens (primary N) is 1. The number of hydrogen-bond acceptors (Lipinski definition) is 4. The van der Waals surface area contributed by atoms with Gasteiger partial charge in [0.25, 0.3) is 5.91 Å². The van der Waals surface area contributed by atoms with Crippen LogP contribution in [0.4, 0.5) is 5.69 Å². The predicted octanol–water partition coefficient (Wildman–Crippen LogP) is 0.137. The number of carbonyl (C=O) groups excluding carboxylic acids is 1. The highest BCUT2D eigenvalue weighted by Gasteiger charge is 2.10. The quantitative estimate of drug-likeness (QED) is 0.684. The molecule has 0 bridgehead atoms. The summed E-state index contributed by atoms with van der Waals surface area (Å²) < 4.78 is 21.5. The second-order valence-corrected chi connectivity index (χ2v) is 5.43. The molecule has 1 aromatic carbocycles. The Kier molecular flexibility index (Phi) is 5.11. The van der Waals surface area contributed by atoms with Gasteiger partial charge < -0.3 is 10.6 Å². The van der Waals surface area contributed by atoms with Crippen LogP contribution in [-0.4, -0.2) is 33.2 Å². The van der Waals surface area contributed by atoms with Crippen molar-refractivity contribution < 1.29 is 13.2 Å². The summed E-state index contributed by atoms with van der Waals surface area (Å²) in [5, 5.41) is 10.4. The first kappa shape index (κ1) is 14.5. The number of anilines is 1. The zero-order valence-corrected chi connectivity index (χ0v) is 11.0. The molecule has 0 aliphatic carbocycles. The fraction of sp³-hybridized carbons (Fsp3) is 0.364. The fourth-order valence-electron chi connectivity index (χ4n) is 1.43. The molecule has 1 amide bonds. The molecule has 0 aliphatic heterocycles. The molecule has 0 radical (unpaired) electrons. The van der Waals surface area contributed by atoms with Crippen LogP contribution in [0, 0.1) is 0 Å². The Morgan fingerprint density at radius 2 is 2.00 bits per heavy atom. The molecule has 1 aromatic rings. The molecule has 0 spiro atoms. The predicted molar refractivity (Wildman–Crippen MR) is 70.9 cm³/mol. The Hall–Kier alpha value is -1.60. The largest absolute Gasteiger partial charge is 0.385 e. The monoisotopic (exact) mass is 271 g/mol. The van der Waals surface area contributed by atoms with Crippen LogP contribution in [-0.2, 0) is 10.0 Å². The standard InChI is InChI=1S/C11H17N3O3S/c1-2-13-10-6-4-3-5-9(10)11(15)14-7-8-18(12,16)17/h3-6,13H,2,7-8H2,1H3,(H,14,15)(H2,12,16,17). The van der Waals surface area contributed by atoms with Crippen molar-refractivity contribution in [3.8, 4) is 0 Å². The molecule has 0 heterocycles. The Morgan fingerprint density at radius 3 is 2.61 bits per heavy atom. The first-order valence-corrected chi connectivity index (χ1v) is 7.27. The molecule has 4 N–H and O–H groups in total. The summed E-state index contributed by atoms with van der Waals surface area (Å²) in [4.78, 5) is 11.8. The molecule has 0 saturated carbocycles. The van der Waals surface area contributed by atoms with E-state index in [1.807, 2.05) is 13.0 Å². The average Bonchev–Trinajstić information content (AvgIpc) is 2.28. The van der Waals surface area contributed by atoms with E-state index in [1.165, 1.54) is 0 Å². The first-order chi connectivity index (χ1) is 8.44. The molecule has 6 nitrogen and oxygen atoms in total. The Morgan fingerprint density at radius 1 is 1.33 bits per heavy atom. The lowest BCUT2D eigenvalue weighted by Gasteiger charge is -2.10. The maximum absolute atomic E-state index is 11.8. The van der Waals surface area contributed by atoms with Crippen molar-refractivity contribution in [2.75, 3.05) is 24.2 Å². The van der Waals surface area contributed by atoms with Gasteiger partial charge in [-0.15, -0.1) is 0 Å². The molecule has 0 unspecified atom stereocenters. The maximum Gasteiger partial charge on any atom is 0.253 e. The summed E-state index contributed by atoms with van der Waals surface area (Å²) in [6.07, 6.45) is 0. The number of carbonyl (C=O) groups is 1. The van der Waals surface area contributed by atoms with Crippen molar-refractivity contribution in [3.63, 3.8) is 0 Å². The zero-order valence-electron chi connectivity index (χ0n) is 10.1. The summed E-state index contributed by atoms with van der Waals surface area (Å²) in [6.45, 7) is 2.62. The van der Waals surface area contributed by atoms with E-state index in [0.29, 0.717) is 17.8 Å². The van der Waals surface area contributed by atoms with Crippen molar-refractivity contribution >= 4 is 21.6 Å². The fourth-order valence-corrected chi connectivity index (χ4v) is 1.81. The lowest BCUT2D eigenvalue weighted by molar-refractivity contribution is 0.0957. The van der Waals surface area contributed by atoms with Gasteiger partial charge in [-0.2, -0.15) is 0 Å². The van der Waals surface area contributed by atoms with E-state index in [4.69, 9.17) is 5.14 Å². The van der Waals surface area contributed by atoms with Crippen LogP contribution in [0.1, 0.15) is 17.3 Å². The molecule has 100 valence electrons. The number of amides is 1. The van der Waals surface area contributed by atoms with Crippen molar-refractivity contribution in [1.82, 2.24) is 5.32 Å². The Labute approximate surface area is 107 Å². The van der Waals surface area contributed by atoms with Crippen molar-refractivity contribution in [2.24, 2.45) is 5.14 Å². The molecule has 0 saturated heterocycles. The highest BCUT2D eigenvalue weighted by molar-refractivity contribution is 7.89. The number of sulfonamides is 1. The minimum atomic E-state index is -3.55. The maximum atomic E-state index is 11.8.